The lowest BCUT2D eigenvalue weighted by molar-refractivity contribution is -0.366. The summed E-state index contributed by atoms with van der Waals surface area (Å²) in [6.45, 7) is 0.838. The van der Waals surface area contributed by atoms with E-state index >= 15 is 0 Å². The number of ether oxygens (including phenoxy) is 1. The molecule has 3 N–H and O–H groups in total. The first-order valence-corrected chi connectivity index (χ1v) is 4.91. The SMILES string of the molecule is CN(C)C(=O)Oc1cccc(CC[NH3+])c1.[Cl-]. The molecule has 0 atom stereocenters. The van der Waals surface area contributed by atoms with Crippen LogP contribution in [0.4, 0.5) is 4.79 Å². The molecule has 0 saturated carbocycles. The minimum Gasteiger partial charge on any atom is -1.00 e. The van der Waals surface area contributed by atoms with Gasteiger partial charge in [-0.15, -0.1) is 0 Å². The highest BCUT2D eigenvalue weighted by atomic mass is 35.5. The van der Waals surface area contributed by atoms with E-state index in [4.69, 9.17) is 4.74 Å². The average Bonchev–Trinajstić information content (AvgIpc) is 2.18. The van der Waals surface area contributed by atoms with Gasteiger partial charge in [0.05, 0.1) is 6.54 Å². The van der Waals surface area contributed by atoms with Crippen LogP contribution in [0.5, 0.6) is 5.75 Å². The van der Waals surface area contributed by atoms with E-state index in [1.807, 2.05) is 18.2 Å². The summed E-state index contributed by atoms with van der Waals surface area (Å²) in [4.78, 5) is 12.7. The molecule has 0 heterocycles. The number of nitrogens with zero attached hydrogens (tertiary/aromatic N) is 1. The molecule has 16 heavy (non-hydrogen) atoms. The number of carbonyl (C=O) groups is 1. The van der Waals surface area contributed by atoms with Crippen molar-refractivity contribution in [2.24, 2.45) is 0 Å². The van der Waals surface area contributed by atoms with E-state index in [9.17, 15) is 4.79 Å². The summed E-state index contributed by atoms with van der Waals surface area (Å²) in [5.41, 5.74) is 4.92. The van der Waals surface area contributed by atoms with E-state index in [1.165, 1.54) is 4.90 Å². The molecule has 0 saturated heterocycles. The lowest BCUT2D eigenvalue weighted by atomic mass is 10.1. The predicted molar refractivity (Wildman–Crippen MR) is 57.6 cm³/mol. The summed E-state index contributed by atoms with van der Waals surface area (Å²) in [5.74, 6) is 0.583. The molecule has 0 fully saturated rings. The van der Waals surface area contributed by atoms with Crippen LogP contribution in [0.3, 0.4) is 0 Å². The van der Waals surface area contributed by atoms with Crippen molar-refractivity contribution in [3.05, 3.63) is 29.8 Å². The lowest BCUT2D eigenvalue weighted by Gasteiger charge is -2.11. The highest BCUT2D eigenvalue weighted by Gasteiger charge is 2.06. The van der Waals surface area contributed by atoms with E-state index in [1.54, 1.807) is 20.2 Å². The van der Waals surface area contributed by atoms with Crippen molar-refractivity contribution >= 4 is 6.09 Å². The summed E-state index contributed by atoms with van der Waals surface area (Å²) in [6.07, 6.45) is 0.537. The minimum atomic E-state index is -0.359. The van der Waals surface area contributed by atoms with Crippen molar-refractivity contribution < 1.29 is 27.7 Å². The molecule has 1 aromatic carbocycles. The summed E-state index contributed by atoms with van der Waals surface area (Å²) in [5, 5.41) is 0. The number of hydrogen-bond donors (Lipinski definition) is 1. The highest BCUT2D eigenvalue weighted by molar-refractivity contribution is 5.69. The van der Waals surface area contributed by atoms with Crippen LogP contribution in [0.25, 0.3) is 0 Å². The third-order valence-electron chi connectivity index (χ3n) is 1.93. The van der Waals surface area contributed by atoms with Gasteiger partial charge in [0.2, 0.25) is 0 Å². The molecule has 0 bridgehead atoms. The van der Waals surface area contributed by atoms with Crippen LogP contribution in [0.1, 0.15) is 5.56 Å². The number of quaternary nitrogens is 1. The number of amides is 1. The van der Waals surface area contributed by atoms with Crippen LogP contribution >= 0.6 is 0 Å². The van der Waals surface area contributed by atoms with E-state index in [-0.39, 0.29) is 18.5 Å². The first-order chi connectivity index (χ1) is 7.13. The zero-order valence-corrected chi connectivity index (χ0v) is 10.3. The monoisotopic (exact) mass is 244 g/mol. The lowest BCUT2D eigenvalue weighted by Crippen LogP contribution is -3.00. The Hall–Kier alpha value is -1.26. The fourth-order valence-electron chi connectivity index (χ4n) is 1.16. The molecule has 1 rings (SSSR count). The molecule has 1 aromatic rings. The second kappa shape index (κ2) is 7.09. The molecule has 4 nitrogen and oxygen atoms in total. The predicted octanol–water partition coefficient (Wildman–Crippen LogP) is -2.46. The van der Waals surface area contributed by atoms with Gasteiger partial charge in [-0.3, -0.25) is 0 Å². The largest absolute Gasteiger partial charge is 1.00 e. The first-order valence-electron chi connectivity index (χ1n) is 4.91. The Morgan fingerprint density at radius 3 is 2.69 bits per heavy atom. The maximum Gasteiger partial charge on any atom is 0.414 e. The Labute approximate surface area is 102 Å². The Balaban J connectivity index is 0.00000225. The molecule has 0 radical (unpaired) electrons. The number of halogens is 1. The van der Waals surface area contributed by atoms with Crippen LogP contribution in [0.2, 0.25) is 0 Å². The molecule has 90 valence electrons. The molecule has 0 aliphatic heterocycles. The van der Waals surface area contributed by atoms with Crippen LogP contribution in [-0.2, 0) is 6.42 Å². The minimum absolute atomic E-state index is 0. The van der Waals surface area contributed by atoms with E-state index in [0.717, 1.165) is 18.5 Å². The molecule has 0 aliphatic carbocycles. The van der Waals surface area contributed by atoms with E-state index < -0.39 is 0 Å². The standard InChI is InChI=1S/C11H16N2O2.ClH/c1-13(2)11(14)15-10-5-3-4-9(8-10)6-7-12;/h3-5,8H,6-7,12H2,1-2H3;1H. The van der Waals surface area contributed by atoms with Crippen molar-refractivity contribution in [1.82, 2.24) is 4.90 Å². The number of benzene rings is 1. The molecule has 0 aliphatic rings. The first kappa shape index (κ1) is 14.7. The Bertz CT molecular complexity index is 343. The fraction of sp³-hybridized carbons (Fsp3) is 0.364. The van der Waals surface area contributed by atoms with Gasteiger partial charge in [-0.1, -0.05) is 12.1 Å². The summed E-state index contributed by atoms with van der Waals surface area (Å²) in [6, 6.07) is 7.52. The summed E-state index contributed by atoms with van der Waals surface area (Å²) >= 11 is 0. The van der Waals surface area contributed by atoms with Gasteiger partial charge in [0.25, 0.3) is 0 Å². The molecular weight excluding hydrogens is 228 g/mol. The maximum atomic E-state index is 11.3. The second-order valence-electron chi connectivity index (χ2n) is 3.51. The zero-order chi connectivity index (χ0) is 11.3. The van der Waals surface area contributed by atoms with Gasteiger partial charge >= 0.3 is 6.09 Å². The zero-order valence-electron chi connectivity index (χ0n) is 9.57. The third-order valence-corrected chi connectivity index (χ3v) is 1.93. The highest BCUT2D eigenvalue weighted by Crippen LogP contribution is 2.14. The van der Waals surface area contributed by atoms with Crippen molar-refractivity contribution in [1.29, 1.82) is 0 Å². The van der Waals surface area contributed by atoms with Crippen LogP contribution < -0.4 is 22.9 Å². The van der Waals surface area contributed by atoms with Crippen LogP contribution in [0, 0.1) is 0 Å². The number of carbonyl (C=O) groups excluding carboxylic acids is 1. The van der Waals surface area contributed by atoms with Crippen molar-refractivity contribution in [2.45, 2.75) is 6.42 Å². The summed E-state index contributed by atoms with van der Waals surface area (Å²) in [7, 11) is 3.31. The molecule has 0 unspecified atom stereocenters. The van der Waals surface area contributed by atoms with Gasteiger partial charge in [-0.25, -0.2) is 4.79 Å². The molecular formula is C11H17ClN2O2. The molecule has 1 amide bonds. The Morgan fingerprint density at radius 2 is 2.12 bits per heavy atom. The quantitative estimate of drug-likeness (QED) is 0.641. The third kappa shape index (κ3) is 4.51. The maximum absolute atomic E-state index is 11.3. The van der Waals surface area contributed by atoms with E-state index in [2.05, 4.69) is 5.73 Å². The smallest absolute Gasteiger partial charge is 0.414 e. The summed E-state index contributed by atoms with van der Waals surface area (Å²) < 4.78 is 5.13. The molecule has 0 spiro atoms. The fourth-order valence-corrected chi connectivity index (χ4v) is 1.16. The topological polar surface area (TPSA) is 57.2 Å². The van der Waals surface area contributed by atoms with Crippen LogP contribution in [0.15, 0.2) is 24.3 Å². The number of rotatable bonds is 3. The Kier molecular flexibility index (Phi) is 6.53. The van der Waals surface area contributed by atoms with Gasteiger partial charge in [-0.2, -0.15) is 0 Å². The van der Waals surface area contributed by atoms with Gasteiger partial charge in [0, 0.05) is 20.5 Å². The van der Waals surface area contributed by atoms with Crippen molar-refractivity contribution in [3.63, 3.8) is 0 Å². The molecule has 5 heteroatoms. The van der Waals surface area contributed by atoms with E-state index in [0.29, 0.717) is 5.75 Å². The normalized spacial score (nSPS) is 9.19. The van der Waals surface area contributed by atoms with Gasteiger partial charge < -0.3 is 27.8 Å². The van der Waals surface area contributed by atoms with Crippen molar-refractivity contribution in [2.75, 3.05) is 20.6 Å². The van der Waals surface area contributed by atoms with Gasteiger partial charge in [0.15, 0.2) is 0 Å². The second-order valence-corrected chi connectivity index (χ2v) is 3.51. The molecule has 0 aromatic heterocycles. The van der Waals surface area contributed by atoms with Gasteiger partial charge in [-0.05, 0) is 17.7 Å². The van der Waals surface area contributed by atoms with Gasteiger partial charge in [0.1, 0.15) is 5.75 Å². The van der Waals surface area contributed by atoms with Crippen LogP contribution in [-0.4, -0.2) is 31.6 Å². The van der Waals surface area contributed by atoms with Crippen molar-refractivity contribution in [3.8, 4) is 5.75 Å². The number of hydrogen-bond acceptors (Lipinski definition) is 2. The average molecular weight is 245 g/mol. The Morgan fingerprint density at radius 1 is 1.44 bits per heavy atom.